The van der Waals surface area contributed by atoms with Gasteiger partial charge in [0.15, 0.2) is 5.78 Å². The zero-order chi connectivity index (χ0) is 14.8. The fourth-order valence-corrected chi connectivity index (χ4v) is 1.99. The molecule has 0 N–H and O–H groups in total. The molecular formula is C15H20N2O3. The van der Waals surface area contributed by atoms with Crippen LogP contribution in [0.4, 0.5) is 0 Å². The molecule has 1 amide bonds. The molecule has 1 saturated heterocycles. The standard InChI is InChI=1S/C15H20N2O3/c1-15(2,3)13(18)12-5-4-11(10-16-12)14(19)17-6-8-20-9-7-17/h4-5,10H,6-9H2,1-3H3. The summed E-state index contributed by atoms with van der Waals surface area (Å²) in [5.74, 6) is -0.0848. The van der Waals surface area contributed by atoms with Gasteiger partial charge in [-0.1, -0.05) is 20.8 Å². The second-order valence-corrected chi connectivity index (χ2v) is 5.92. The highest BCUT2D eigenvalue weighted by molar-refractivity contribution is 5.99. The molecule has 0 bridgehead atoms. The first-order chi connectivity index (χ1) is 9.39. The predicted molar refractivity (Wildman–Crippen MR) is 74.7 cm³/mol. The van der Waals surface area contributed by atoms with Crippen LogP contribution in [0.1, 0.15) is 41.6 Å². The summed E-state index contributed by atoms with van der Waals surface area (Å²) in [6.07, 6.45) is 1.48. The van der Waals surface area contributed by atoms with Gasteiger partial charge >= 0.3 is 0 Å². The Hall–Kier alpha value is -1.75. The fraction of sp³-hybridized carbons (Fsp3) is 0.533. The Morgan fingerprint density at radius 3 is 2.35 bits per heavy atom. The monoisotopic (exact) mass is 276 g/mol. The van der Waals surface area contributed by atoms with E-state index < -0.39 is 5.41 Å². The second kappa shape index (κ2) is 5.71. The number of ether oxygens (including phenoxy) is 1. The van der Waals surface area contributed by atoms with E-state index in [-0.39, 0.29) is 11.7 Å². The number of morpholine rings is 1. The summed E-state index contributed by atoms with van der Waals surface area (Å²) in [6, 6.07) is 3.30. The molecule has 0 saturated carbocycles. The Labute approximate surface area is 118 Å². The van der Waals surface area contributed by atoms with Crippen molar-refractivity contribution < 1.29 is 14.3 Å². The molecule has 108 valence electrons. The van der Waals surface area contributed by atoms with E-state index in [0.29, 0.717) is 37.6 Å². The van der Waals surface area contributed by atoms with Crippen LogP contribution in [-0.2, 0) is 4.74 Å². The number of hydrogen-bond acceptors (Lipinski definition) is 4. The van der Waals surface area contributed by atoms with Gasteiger partial charge in [-0.3, -0.25) is 14.6 Å². The average Bonchev–Trinajstić information content (AvgIpc) is 2.46. The van der Waals surface area contributed by atoms with Crippen molar-refractivity contribution in [2.75, 3.05) is 26.3 Å². The molecule has 1 aromatic rings. The Kier molecular flexibility index (Phi) is 4.18. The lowest BCUT2D eigenvalue weighted by Gasteiger charge is -2.26. The van der Waals surface area contributed by atoms with Crippen LogP contribution in [-0.4, -0.2) is 47.9 Å². The summed E-state index contributed by atoms with van der Waals surface area (Å²) >= 11 is 0. The van der Waals surface area contributed by atoms with E-state index in [1.807, 2.05) is 20.8 Å². The number of aromatic nitrogens is 1. The van der Waals surface area contributed by atoms with E-state index in [0.717, 1.165) is 0 Å². The maximum atomic E-state index is 12.2. The number of ketones is 1. The Bertz CT molecular complexity index is 497. The number of carbonyl (C=O) groups is 2. The van der Waals surface area contributed by atoms with Crippen LogP contribution in [0, 0.1) is 5.41 Å². The van der Waals surface area contributed by atoms with E-state index in [4.69, 9.17) is 4.74 Å². The third kappa shape index (κ3) is 3.22. The smallest absolute Gasteiger partial charge is 0.255 e. The van der Waals surface area contributed by atoms with Crippen LogP contribution in [0.5, 0.6) is 0 Å². The lowest BCUT2D eigenvalue weighted by molar-refractivity contribution is 0.0302. The van der Waals surface area contributed by atoms with Crippen molar-refractivity contribution in [2.24, 2.45) is 5.41 Å². The zero-order valence-corrected chi connectivity index (χ0v) is 12.2. The number of nitrogens with zero attached hydrogens (tertiary/aromatic N) is 2. The largest absolute Gasteiger partial charge is 0.378 e. The van der Waals surface area contributed by atoms with E-state index in [1.165, 1.54) is 6.20 Å². The first-order valence-corrected chi connectivity index (χ1v) is 6.77. The highest BCUT2D eigenvalue weighted by Gasteiger charge is 2.25. The zero-order valence-electron chi connectivity index (χ0n) is 12.2. The van der Waals surface area contributed by atoms with Crippen LogP contribution in [0.25, 0.3) is 0 Å². The third-order valence-electron chi connectivity index (χ3n) is 3.22. The summed E-state index contributed by atoms with van der Waals surface area (Å²) in [5, 5.41) is 0. The molecule has 0 spiro atoms. The number of amides is 1. The van der Waals surface area contributed by atoms with Crippen molar-refractivity contribution >= 4 is 11.7 Å². The van der Waals surface area contributed by atoms with Crippen molar-refractivity contribution in [1.82, 2.24) is 9.88 Å². The van der Waals surface area contributed by atoms with Gasteiger partial charge in [0, 0.05) is 24.7 Å². The van der Waals surface area contributed by atoms with Crippen LogP contribution in [0.2, 0.25) is 0 Å². The summed E-state index contributed by atoms with van der Waals surface area (Å²) < 4.78 is 5.22. The lowest BCUT2D eigenvalue weighted by atomic mass is 9.88. The average molecular weight is 276 g/mol. The normalized spacial score (nSPS) is 16.1. The maximum Gasteiger partial charge on any atom is 0.255 e. The number of rotatable bonds is 2. The quantitative estimate of drug-likeness (QED) is 0.773. The maximum absolute atomic E-state index is 12.2. The van der Waals surface area contributed by atoms with Gasteiger partial charge in [0.25, 0.3) is 5.91 Å². The minimum atomic E-state index is -0.470. The van der Waals surface area contributed by atoms with Crippen molar-refractivity contribution in [3.8, 4) is 0 Å². The minimum absolute atomic E-state index is 0.0251. The second-order valence-electron chi connectivity index (χ2n) is 5.92. The molecule has 0 aliphatic carbocycles. The Balaban J connectivity index is 2.11. The fourth-order valence-electron chi connectivity index (χ4n) is 1.99. The van der Waals surface area contributed by atoms with E-state index in [9.17, 15) is 9.59 Å². The molecule has 5 nitrogen and oxygen atoms in total. The molecule has 5 heteroatoms. The van der Waals surface area contributed by atoms with Crippen molar-refractivity contribution in [2.45, 2.75) is 20.8 Å². The molecule has 20 heavy (non-hydrogen) atoms. The SMILES string of the molecule is CC(C)(C)C(=O)c1ccc(C(=O)N2CCOCC2)cn1. The first kappa shape index (κ1) is 14.7. The van der Waals surface area contributed by atoms with Gasteiger partial charge in [0.05, 0.1) is 18.8 Å². The van der Waals surface area contributed by atoms with Gasteiger partial charge < -0.3 is 9.64 Å². The molecule has 2 heterocycles. The summed E-state index contributed by atoms with van der Waals surface area (Å²) in [5.41, 5.74) is 0.441. The molecule has 0 atom stereocenters. The van der Waals surface area contributed by atoms with Crippen molar-refractivity contribution in [3.05, 3.63) is 29.6 Å². The molecule has 1 aliphatic rings. The topological polar surface area (TPSA) is 59.5 Å². The van der Waals surface area contributed by atoms with Crippen molar-refractivity contribution in [1.29, 1.82) is 0 Å². The van der Waals surface area contributed by atoms with Gasteiger partial charge in [-0.25, -0.2) is 0 Å². The molecule has 0 radical (unpaired) electrons. The van der Waals surface area contributed by atoms with E-state index in [2.05, 4.69) is 4.98 Å². The van der Waals surface area contributed by atoms with Gasteiger partial charge in [0.1, 0.15) is 5.69 Å². The summed E-state index contributed by atoms with van der Waals surface area (Å²) in [6.45, 7) is 7.89. The van der Waals surface area contributed by atoms with E-state index in [1.54, 1.807) is 17.0 Å². The van der Waals surface area contributed by atoms with Crippen LogP contribution < -0.4 is 0 Å². The molecule has 1 aliphatic heterocycles. The molecule has 0 aromatic carbocycles. The minimum Gasteiger partial charge on any atom is -0.378 e. The molecule has 0 unspecified atom stereocenters. The summed E-state index contributed by atoms with van der Waals surface area (Å²) in [4.78, 5) is 30.2. The number of Topliss-reactive ketones (excluding diaryl/α,β-unsaturated/α-hetero) is 1. The number of hydrogen-bond donors (Lipinski definition) is 0. The van der Waals surface area contributed by atoms with Gasteiger partial charge in [0.2, 0.25) is 0 Å². The lowest BCUT2D eigenvalue weighted by Crippen LogP contribution is -2.40. The Morgan fingerprint density at radius 2 is 1.85 bits per heavy atom. The highest BCUT2D eigenvalue weighted by atomic mass is 16.5. The van der Waals surface area contributed by atoms with Crippen LogP contribution >= 0.6 is 0 Å². The van der Waals surface area contributed by atoms with Crippen molar-refractivity contribution in [3.63, 3.8) is 0 Å². The van der Waals surface area contributed by atoms with Gasteiger partial charge in [-0.05, 0) is 12.1 Å². The van der Waals surface area contributed by atoms with Crippen LogP contribution in [0.3, 0.4) is 0 Å². The summed E-state index contributed by atoms with van der Waals surface area (Å²) in [7, 11) is 0. The predicted octanol–water partition coefficient (Wildman–Crippen LogP) is 1.78. The molecule has 1 fully saturated rings. The molecule has 2 rings (SSSR count). The first-order valence-electron chi connectivity index (χ1n) is 6.77. The molecular weight excluding hydrogens is 256 g/mol. The van der Waals surface area contributed by atoms with Gasteiger partial charge in [-0.15, -0.1) is 0 Å². The number of carbonyl (C=O) groups excluding carboxylic acids is 2. The highest BCUT2D eigenvalue weighted by Crippen LogP contribution is 2.19. The van der Waals surface area contributed by atoms with Gasteiger partial charge in [-0.2, -0.15) is 0 Å². The Morgan fingerprint density at radius 1 is 1.20 bits per heavy atom. The third-order valence-corrected chi connectivity index (χ3v) is 3.22. The van der Waals surface area contributed by atoms with E-state index >= 15 is 0 Å². The van der Waals surface area contributed by atoms with Crippen LogP contribution in [0.15, 0.2) is 18.3 Å². The number of pyridine rings is 1. The molecule has 1 aromatic heterocycles.